The highest BCUT2D eigenvalue weighted by Crippen LogP contribution is 2.40. The minimum absolute atomic E-state index is 0.0289. The van der Waals surface area contributed by atoms with Crippen molar-refractivity contribution in [3.05, 3.63) is 54.2 Å². The summed E-state index contributed by atoms with van der Waals surface area (Å²) in [5.74, 6) is 1.91. The van der Waals surface area contributed by atoms with Crippen LogP contribution < -0.4 is 29.9 Å². The van der Waals surface area contributed by atoms with Gasteiger partial charge >= 0.3 is 0 Å². The molecule has 3 heterocycles. The van der Waals surface area contributed by atoms with E-state index in [2.05, 4.69) is 27.6 Å². The summed E-state index contributed by atoms with van der Waals surface area (Å²) in [5.41, 5.74) is 2.52. The first kappa shape index (κ1) is 27.2. The first-order valence-electron chi connectivity index (χ1n) is 13.4. The van der Waals surface area contributed by atoms with Crippen molar-refractivity contribution in [1.29, 1.82) is 0 Å². The third-order valence-corrected chi connectivity index (χ3v) is 7.43. The predicted molar refractivity (Wildman–Crippen MR) is 154 cm³/mol. The number of fused-ring (bicyclic) bond motifs is 1. The fourth-order valence-electron chi connectivity index (χ4n) is 5.04. The zero-order valence-corrected chi connectivity index (χ0v) is 23.3. The number of methoxy groups -OCH3 is 2. The van der Waals surface area contributed by atoms with Gasteiger partial charge in [-0.15, -0.1) is 0 Å². The number of aromatic nitrogens is 2. The molecule has 5 rings (SSSR count). The standard InChI is InChI=1S/C29H35N7O4/c1-34-14-11-20(12-15-34)31-28(38)19-9-10-21(25(17-19)40-4)32-29-30-18-23-27(33-29)36(16-13-26(37)35(23)2)22-7-5-6-8-24(22)39-3/h5-10,17-18,20H,11-16H2,1-4H3,(H,31,38)(H,30,32,33). The van der Waals surface area contributed by atoms with Gasteiger partial charge in [-0.25, -0.2) is 4.98 Å². The lowest BCUT2D eigenvalue weighted by molar-refractivity contribution is -0.118. The van der Waals surface area contributed by atoms with Gasteiger partial charge in [-0.3, -0.25) is 9.59 Å². The highest BCUT2D eigenvalue weighted by molar-refractivity contribution is 5.99. The van der Waals surface area contributed by atoms with Crippen LogP contribution in [0, 0.1) is 0 Å². The Hall–Kier alpha value is -4.38. The number of carbonyl (C=O) groups excluding carboxylic acids is 2. The van der Waals surface area contributed by atoms with E-state index in [0.29, 0.717) is 53.2 Å². The topological polar surface area (TPSA) is 112 Å². The van der Waals surface area contributed by atoms with Gasteiger partial charge in [0.05, 0.1) is 31.8 Å². The third-order valence-electron chi connectivity index (χ3n) is 7.43. The number of ether oxygens (including phenoxy) is 2. The summed E-state index contributed by atoms with van der Waals surface area (Å²) in [7, 11) is 6.99. The van der Waals surface area contributed by atoms with Crippen molar-refractivity contribution < 1.29 is 19.1 Å². The fourth-order valence-corrected chi connectivity index (χ4v) is 5.04. The monoisotopic (exact) mass is 545 g/mol. The number of nitrogens with zero attached hydrogens (tertiary/aromatic N) is 5. The summed E-state index contributed by atoms with van der Waals surface area (Å²) in [6.07, 6.45) is 3.80. The van der Waals surface area contributed by atoms with Gasteiger partial charge in [0.15, 0.2) is 5.82 Å². The lowest BCUT2D eigenvalue weighted by atomic mass is 10.0. The quantitative estimate of drug-likeness (QED) is 0.460. The predicted octanol–water partition coefficient (Wildman–Crippen LogP) is 3.57. The molecule has 1 aromatic heterocycles. The molecule has 2 amide bonds. The number of benzene rings is 2. The average molecular weight is 546 g/mol. The highest BCUT2D eigenvalue weighted by Gasteiger charge is 2.28. The van der Waals surface area contributed by atoms with Gasteiger partial charge in [0.25, 0.3) is 5.91 Å². The molecule has 0 atom stereocenters. The smallest absolute Gasteiger partial charge is 0.251 e. The number of carbonyl (C=O) groups is 2. The number of hydrogen-bond donors (Lipinski definition) is 2. The van der Waals surface area contributed by atoms with E-state index in [9.17, 15) is 9.59 Å². The van der Waals surface area contributed by atoms with Crippen LogP contribution in [0.1, 0.15) is 29.6 Å². The molecule has 210 valence electrons. The van der Waals surface area contributed by atoms with Gasteiger partial charge in [0, 0.05) is 31.6 Å². The Labute approximate surface area is 234 Å². The molecule has 2 N–H and O–H groups in total. The molecule has 0 radical (unpaired) electrons. The van der Waals surface area contributed by atoms with Crippen molar-refractivity contribution in [2.24, 2.45) is 0 Å². The van der Waals surface area contributed by atoms with Crippen LogP contribution in [0.2, 0.25) is 0 Å². The largest absolute Gasteiger partial charge is 0.495 e. The summed E-state index contributed by atoms with van der Waals surface area (Å²) in [6.45, 7) is 2.37. The molecule has 2 aromatic carbocycles. The maximum Gasteiger partial charge on any atom is 0.251 e. The molecular weight excluding hydrogens is 510 g/mol. The van der Waals surface area contributed by atoms with Gasteiger partial charge < -0.3 is 34.8 Å². The minimum atomic E-state index is -0.124. The molecule has 0 bridgehead atoms. The van der Waals surface area contributed by atoms with E-state index in [-0.39, 0.29) is 17.9 Å². The Kier molecular flexibility index (Phi) is 8.01. The molecule has 2 aliphatic rings. The maximum atomic E-state index is 12.9. The van der Waals surface area contributed by atoms with Crippen molar-refractivity contribution in [2.75, 3.05) is 63.1 Å². The number of para-hydroxylation sites is 2. The van der Waals surface area contributed by atoms with E-state index in [4.69, 9.17) is 14.5 Å². The number of piperidine rings is 1. The summed E-state index contributed by atoms with van der Waals surface area (Å²) in [6, 6.07) is 13.0. The maximum absolute atomic E-state index is 12.9. The molecule has 0 unspecified atom stereocenters. The highest BCUT2D eigenvalue weighted by atomic mass is 16.5. The second-order valence-electron chi connectivity index (χ2n) is 10.0. The van der Waals surface area contributed by atoms with Gasteiger partial charge in [0.1, 0.15) is 17.2 Å². The number of nitrogens with one attached hydrogen (secondary N) is 2. The summed E-state index contributed by atoms with van der Waals surface area (Å²) >= 11 is 0. The van der Waals surface area contributed by atoms with Crippen LogP contribution in [0.5, 0.6) is 11.5 Å². The Morgan fingerprint density at radius 1 is 0.975 bits per heavy atom. The lowest BCUT2D eigenvalue weighted by Gasteiger charge is -2.29. The molecule has 1 saturated heterocycles. The van der Waals surface area contributed by atoms with E-state index in [1.165, 1.54) is 0 Å². The number of likely N-dealkylation sites (tertiary alicyclic amines) is 1. The normalized spacial score (nSPS) is 16.2. The summed E-state index contributed by atoms with van der Waals surface area (Å²) < 4.78 is 11.2. The van der Waals surface area contributed by atoms with Crippen LogP contribution in [0.15, 0.2) is 48.7 Å². The van der Waals surface area contributed by atoms with Crippen molar-refractivity contribution >= 4 is 40.6 Å². The molecule has 0 aliphatic carbocycles. The fraction of sp³-hybridized carbons (Fsp3) is 0.379. The second kappa shape index (κ2) is 11.8. The number of hydrogen-bond acceptors (Lipinski definition) is 9. The number of rotatable bonds is 7. The number of anilines is 5. The molecule has 11 heteroatoms. The molecule has 2 aliphatic heterocycles. The third kappa shape index (κ3) is 5.64. The van der Waals surface area contributed by atoms with Crippen LogP contribution in [0.4, 0.5) is 28.8 Å². The zero-order valence-electron chi connectivity index (χ0n) is 23.3. The van der Waals surface area contributed by atoms with Crippen molar-refractivity contribution in [3.63, 3.8) is 0 Å². The van der Waals surface area contributed by atoms with Crippen molar-refractivity contribution in [2.45, 2.75) is 25.3 Å². The van der Waals surface area contributed by atoms with Gasteiger partial charge in [-0.05, 0) is 63.3 Å². The molecule has 0 spiro atoms. The SMILES string of the molecule is COc1cc(C(=O)NC2CCN(C)CC2)ccc1Nc1ncc2c(n1)N(c1ccccc1OC)CCC(=O)N2C. The Morgan fingerprint density at radius 3 is 2.48 bits per heavy atom. The Bertz CT molecular complexity index is 1390. The van der Waals surface area contributed by atoms with Crippen LogP contribution in [0.3, 0.4) is 0 Å². The lowest BCUT2D eigenvalue weighted by Crippen LogP contribution is -2.43. The molecule has 3 aromatic rings. The molecule has 0 saturated carbocycles. The van der Waals surface area contributed by atoms with E-state index in [1.807, 2.05) is 29.2 Å². The van der Waals surface area contributed by atoms with E-state index in [1.54, 1.807) is 50.6 Å². The molecular formula is C29H35N7O4. The van der Waals surface area contributed by atoms with Crippen LogP contribution in [-0.4, -0.2) is 80.7 Å². The average Bonchev–Trinajstić information content (AvgIpc) is 3.10. The van der Waals surface area contributed by atoms with Crippen molar-refractivity contribution in [1.82, 2.24) is 20.2 Å². The Morgan fingerprint density at radius 2 is 1.73 bits per heavy atom. The van der Waals surface area contributed by atoms with Crippen LogP contribution in [0.25, 0.3) is 0 Å². The first-order chi connectivity index (χ1) is 19.4. The van der Waals surface area contributed by atoms with E-state index in [0.717, 1.165) is 31.6 Å². The summed E-state index contributed by atoms with van der Waals surface area (Å²) in [5, 5.41) is 6.37. The molecule has 40 heavy (non-hydrogen) atoms. The van der Waals surface area contributed by atoms with Gasteiger partial charge in [-0.1, -0.05) is 12.1 Å². The zero-order chi connectivity index (χ0) is 28.2. The second-order valence-corrected chi connectivity index (χ2v) is 10.0. The van der Waals surface area contributed by atoms with Crippen LogP contribution in [-0.2, 0) is 4.79 Å². The van der Waals surface area contributed by atoms with Gasteiger partial charge in [-0.2, -0.15) is 4.98 Å². The minimum Gasteiger partial charge on any atom is -0.495 e. The van der Waals surface area contributed by atoms with E-state index < -0.39 is 0 Å². The first-order valence-corrected chi connectivity index (χ1v) is 13.4. The van der Waals surface area contributed by atoms with Crippen molar-refractivity contribution in [3.8, 4) is 11.5 Å². The molecule has 1 fully saturated rings. The van der Waals surface area contributed by atoms with Crippen LogP contribution >= 0.6 is 0 Å². The molecule has 11 nitrogen and oxygen atoms in total. The van der Waals surface area contributed by atoms with E-state index >= 15 is 0 Å². The summed E-state index contributed by atoms with van der Waals surface area (Å²) in [4.78, 5) is 40.8. The Balaban J connectivity index is 1.42. The van der Waals surface area contributed by atoms with Gasteiger partial charge in [0.2, 0.25) is 11.9 Å². The number of amides is 2.